The molecule has 0 bridgehead atoms. The van der Waals surface area contributed by atoms with Crippen LogP contribution in [0.1, 0.15) is 18.2 Å². The second-order valence-electron chi connectivity index (χ2n) is 2.07. The van der Waals surface area contributed by atoms with Crippen molar-refractivity contribution in [1.82, 2.24) is 4.98 Å². The Kier molecular flexibility index (Phi) is 1.83. The molecule has 0 aliphatic rings. The molecule has 1 radical (unpaired) electrons. The quantitative estimate of drug-likeness (QED) is 0.550. The third-order valence-electron chi connectivity index (χ3n) is 1.27. The van der Waals surface area contributed by atoms with Gasteiger partial charge in [-0.05, 0) is 31.0 Å². The van der Waals surface area contributed by atoms with Crippen molar-refractivity contribution in [2.24, 2.45) is 0 Å². The van der Waals surface area contributed by atoms with Gasteiger partial charge in [0, 0.05) is 11.9 Å². The van der Waals surface area contributed by atoms with Crippen LogP contribution in [0.15, 0.2) is 12.3 Å². The molecule has 0 unspecified atom stereocenters. The van der Waals surface area contributed by atoms with E-state index in [1.54, 1.807) is 0 Å². The normalized spacial score (nSPS) is 9.56. The molecule has 1 rings (SSSR count). The van der Waals surface area contributed by atoms with E-state index >= 15 is 0 Å². The number of rotatable bonds is 1. The van der Waals surface area contributed by atoms with E-state index in [4.69, 9.17) is 0 Å². The number of nitrogens with zero attached hydrogens (tertiary/aromatic N) is 1. The molecule has 0 spiro atoms. The van der Waals surface area contributed by atoms with E-state index in [2.05, 4.69) is 18.0 Å². The van der Waals surface area contributed by atoms with Gasteiger partial charge < -0.3 is 0 Å². The molecule has 1 nitrogen and oxygen atoms in total. The molecular weight excluding hydrogens is 110 g/mol. The Balaban J connectivity index is 2.88. The standard InChI is InChI=1S/C8H10N/c1-3-8-5-4-7(2)9-6-8/h4,6H,3H2,1-2H3. The lowest BCUT2D eigenvalue weighted by Crippen LogP contribution is -1.83. The summed E-state index contributed by atoms with van der Waals surface area (Å²) in [5, 5.41) is 0. The molecule has 1 heteroatoms. The van der Waals surface area contributed by atoms with Crippen LogP contribution >= 0.6 is 0 Å². The second-order valence-corrected chi connectivity index (χ2v) is 2.07. The molecule has 0 aliphatic carbocycles. The highest BCUT2D eigenvalue weighted by Crippen LogP contribution is 1.97. The molecule has 1 heterocycles. The van der Waals surface area contributed by atoms with E-state index in [1.807, 2.05) is 19.2 Å². The van der Waals surface area contributed by atoms with E-state index in [9.17, 15) is 0 Å². The summed E-state index contributed by atoms with van der Waals surface area (Å²) >= 11 is 0. The van der Waals surface area contributed by atoms with Crippen molar-refractivity contribution in [2.45, 2.75) is 20.3 Å². The zero-order valence-corrected chi connectivity index (χ0v) is 5.81. The van der Waals surface area contributed by atoms with Gasteiger partial charge in [0.25, 0.3) is 0 Å². The second kappa shape index (κ2) is 2.62. The molecule has 0 saturated heterocycles. The summed E-state index contributed by atoms with van der Waals surface area (Å²) in [4.78, 5) is 4.12. The maximum atomic E-state index is 4.12. The van der Waals surface area contributed by atoms with Crippen LogP contribution < -0.4 is 0 Å². The Labute approximate surface area is 55.7 Å². The number of hydrogen-bond acceptors (Lipinski definition) is 1. The SMILES string of the molecule is CCc1[c]cc(C)nc1. The summed E-state index contributed by atoms with van der Waals surface area (Å²) in [6.07, 6.45) is 2.89. The Bertz CT molecular complexity index is 176. The van der Waals surface area contributed by atoms with Crippen LogP contribution in [-0.2, 0) is 6.42 Å². The van der Waals surface area contributed by atoms with E-state index in [-0.39, 0.29) is 0 Å². The lowest BCUT2D eigenvalue weighted by molar-refractivity contribution is 1.07. The van der Waals surface area contributed by atoms with Crippen LogP contribution in [-0.4, -0.2) is 4.98 Å². The third kappa shape index (κ3) is 1.53. The van der Waals surface area contributed by atoms with Crippen molar-refractivity contribution in [3.63, 3.8) is 0 Å². The highest BCUT2D eigenvalue weighted by molar-refractivity contribution is 5.10. The topological polar surface area (TPSA) is 12.9 Å². The van der Waals surface area contributed by atoms with Gasteiger partial charge in [-0.1, -0.05) is 6.92 Å². The van der Waals surface area contributed by atoms with E-state index in [0.29, 0.717) is 0 Å². The van der Waals surface area contributed by atoms with Crippen LogP contribution in [0.5, 0.6) is 0 Å². The van der Waals surface area contributed by atoms with E-state index in [0.717, 1.165) is 12.1 Å². The van der Waals surface area contributed by atoms with Crippen molar-refractivity contribution in [3.8, 4) is 0 Å². The first-order chi connectivity index (χ1) is 4.33. The van der Waals surface area contributed by atoms with Gasteiger partial charge in [-0.3, -0.25) is 4.98 Å². The number of aryl methyl sites for hydroxylation is 2. The van der Waals surface area contributed by atoms with Gasteiger partial charge in [0.15, 0.2) is 0 Å². The first kappa shape index (κ1) is 6.27. The predicted molar refractivity (Wildman–Crippen MR) is 37.2 cm³/mol. The zero-order chi connectivity index (χ0) is 6.69. The average molecular weight is 120 g/mol. The van der Waals surface area contributed by atoms with Gasteiger partial charge in [0.05, 0.1) is 0 Å². The van der Waals surface area contributed by atoms with Crippen molar-refractivity contribution < 1.29 is 0 Å². The molecule has 47 valence electrons. The summed E-state index contributed by atoms with van der Waals surface area (Å²) in [5.74, 6) is 0. The van der Waals surface area contributed by atoms with E-state index < -0.39 is 0 Å². The van der Waals surface area contributed by atoms with Crippen LogP contribution in [0.2, 0.25) is 0 Å². The Morgan fingerprint density at radius 1 is 1.67 bits per heavy atom. The molecule has 0 aliphatic heterocycles. The fourth-order valence-corrected chi connectivity index (χ4v) is 0.645. The molecule has 0 amide bonds. The first-order valence-corrected chi connectivity index (χ1v) is 3.16. The molecule has 0 saturated carbocycles. The van der Waals surface area contributed by atoms with Crippen LogP contribution in [0, 0.1) is 13.0 Å². The fourth-order valence-electron chi connectivity index (χ4n) is 0.645. The molecule has 9 heavy (non-hydrogen) atoms. The first-order valence-electron chi connectivity index (χ1n) is 3.16. The van der Waals surface area contributed by atoms with Gasteiger partial charge in [0.1, 0.15) is 0 Å². The summed E-state index contributed by atoms with van der Waals surface area (Å²) in [6, 6.07) is 5.04. The van der Waals surface area contributed by atoms with Crippen LogP contribution in [0.4, 0.5) is 0 Å². The smallest absolute Gasteiger partial charge is 0.0379 e. The largest absolute Gasteiger partial charge is 0.261 e. The minimum atomic E-state index is 1.02. The van der Waals surface area contributed by atoms with Crippen LogP contribution in [0.25, 0.3) is 0 Å². The van der Waals surface area contributed by atoms with Crippen molar-refractivity contribution >= 4 is 0 Å². The highest BCUT2D eigenvalue weighted by Gasteiger charge is 1.86. The van der Waals surface area contributed by atoms with Crippen LogP contribution in [0.3, 0.4) is 0 Å². The highest BCUT2D eigenvalue weighted by atomic mass is 14.6. The minimum absolute atomic E-state index is 1.02. The monoisotopic (exact) mass is 120 g/mol. The Hall–Kier alpha value is -0.850. The van der Waals surface area contributed by atoms with Gasteiger partial charge in [-0.15, -0.1) is 0 Å². The summed E-state index contributed by atoms with van der Waals surface area (Å²) < 4.78 is 0. The molecule has 1 aromatic rings. The summed E-state index contributed by atoms with van der Waals surface area (Å²) in [7, 11) is 0. The molecule has 1 aromatic heterocycles. The minimum Gasteiger partial charge on any atom is -0.261 e. The number of pyridine rings is 1. The Morgan fingerprint density at radius 3 is 2.89 bits per heavy atom. The lowest BCUT2D eigenvalue weighted by atomic mass is 10.2. The third-order valence-corrected chi connectivity index (χ3v) is 1.27. The van der Waals surface area contributed by atoms with Gasteiger partial charge in [-0.2, -0.15) is 0 Å². The van der Waals surface area contributed by atoms with Gasteiger partial charge in [-0.25, -0.2) is 0 Å². The summed E-state index contributed by atoms with van der Waals surface area (Å²) in [5.41, 5.74) is 2.22. The van der Waals surface area contributed by atoms with E-state index in [1.165, 1.54) is 5.56 Å². The predicted octanol–water partition coefficient (Wildman–Crippen LogP) is 1.75. The maximum absolute atomic E-state index is 4.12. The zero-order valence-electron chi connectivity index (χ0n) is 5.81. The average Bonchev–Trinajstić information content (AvgIpc) is 1.90. The molecule has 0 atom stereocenters. The van der Waals surface area contributed by atoms with Gasteiger partial charge in [0.2, 0.25) is 0 Å². The van der Waals surface area contributed by atoms with Crippen molar-refractivity contribution in [3.05, 3.63) is 29.6 Å². The lowest BCUT2D eigenvalue weighted by Gasteiger charge is -1.92. The van der Waals surface area contributed by atoms with Gasteiger partial charge >= 0.3 is 0 Å². The number of aromatic nitrogens is 1. The number of hydrogen-bond donors (Lipinski definition) is 0. The van der Waals surface area contributed by atoms with Crippen molar-refractivity contribution in [1.29, 1.82) is 0 Å². The Morgan fingerprint density at radius 2 is 2.44 bits per heavy atom. The maximum Gasteiger partial charge on any atom is 0.0379 e. The molecule has 0 aromatic carbocycles. The molecule has 0 fully saturated rings. The van der Waals surface area contributed by atoms with Crippen molar-refractivity contribution in [2.75, 3.05) is 0 Å². The molecule has 0 N–H and O–H groups in total. The molecular formula is C8H10N. The fraction of sp³-hybridized carbons (Fsp3) is 0.375. The summed E-state index contributed by atoms with van der Waals surface area (Å²) in [6.45, 7) is 4.07.